The number of hydrogen-bond acceptors (Lipinski definition) is 3. The zero-order chi connectivity index (χ0) is 14.3. The number of ketones is 1. The van der Waals surface area contributed by atoms with Gasteiger partial charge in [-0.05, 0) is 37.6 Å². The maximum absolute atomic E-state index is 12.4. The summed E-state index contributed by atoms with van der Waals surface area (Å²) in [6.07, 6.45) is 2.02. The first kappa shape index (κ1) is 13.3. The van der Waals surface area contributed by atoms with E-state index in [2.05, 4.69) is 28.7 Å². The molecule has 1 aromatic heterocycles. The molecule has 1 atom stereocenters. The summed E-state index contributed by atoms with van der Waals surface area (Å²) in [5.41, 5.74) is 2.77. The summed E-state index contributed by atoms with van der Waals surface area (Å²) in [7, 11) is 2.03. The van der Waals surface area contributed by atoms with Gasteiger partial charge in [-0.15, -0.1) is 0 Å². The number of hydrogen-bond donors (Lipinski definition) is 1. The minimum Gasteiger partial charge on any atom is -0.331 e. The number of carbonyl (C=O) groups is 1. The Hall–Kier alpha value is -1.68. The smallest absolute Gasteiger partial charge is 0.179 e. The number of nitrogens with one attached hydrogen (secondary N) is 1. The molecule has 2 heterocycles. The van der Waals surface area contributed by atoms with Gasteiger partial charge in [0.1, 0.15) is 5.82 Å². The van der Waals surface area contributed by atoms with Crippen molar-refractivity contribution in [1.82, 2.24) is 14.9 Å². The van der Waals surface area contributed by atoms with Crippen molar-refractivity contribution >= 4 is 16.8 Å². The van der Waals surface area contributed by atoms with Crippen molar-refractivity contribution < 1.29 is 4.79 Å². The van der Waals surface area contributed by atoms with Crippen LogP contribution in [0.25, 0.3) is 11.0 Å². The van der Waals surface area contributed by atoms with Gasteiger partial charge in [0, 0.05) is 18.5 Å². The topological polar surface area (TPSA) is 46.9 Å². The van der Waals surface area contributed by atoms with Crippen LogP contribution in [-0.2, 0) is 7.05 Å². The summed E-state index contributed by atoms with van der Waals surface area (Å²) < 4.78 is 2.11. The quantitative estimate of drug-likeness (QED) is 0.873. The fourth-order valence-corrected chi connectivity index (χ4v) is 3.00. The van der Waals surface area contributed by atoms with Crippen molar-refractivity contribution in [2.75, 3.05) is 6.54 Å². The molecular formula is C16H21N3O. The van der Waals surface area contributed by atoms with Gasteiger partial charge in [0.25, 0.3) is 0 Å². The molecule has 1 aliphatic rings. The van der Waals surface area contributed by atoms with E-state index in [1.54, 1.807) is 0 Å². The Morgan fingerprint density at radius 2 is 2.25 bits per heavy atom. The third-order valence-electron chi connectivity index (χ3n) is 4.09. The Labute approximate surface area is 119 Å². The maximum Gasteiger partial charge on any atom is 0.179 e. The standard InChI is InChI=1S/C16H21N3O/c1-10(2)16-18-13-9-11(6-7-14(13)19(16)3)15(20)12-5-4-8-17-12/h6-7,9-10,12,17H,4-5,8H2,1-3H3. The number of aromatic nitrogens is 2. The molecule has 0 saturated carbocycles. The lowest BCUT2D eigenvalue weighted by Crippen LogP contribution is -2.30. The van der Waals surface area contributed by atoms with E-state index in [0.29, 0.717) is 5.92 Å². The molecule has 1 fully saturated rings. The van der Waals surface area contributed by atoms with E-state index in [1.807, 2.05) is 25.2 Å². The normalized spacial score (nSPS) is 19.1. The van der Waals surface area contributed by atoms with Crippen molar-refractivity contribution in [1.29, 1.82) is 0 Å². The molecule has 1 unspecified atom stereocenters. The lowest BCUT2D eigenvalue weighted by Gasteiger charge is -2.08. The second-order valence-corrected chi connectivity index (χ2v) is 5.90. The molecular weight excluding hydrogens is 250 g/mol. The highest BCUT2D eigenvalue weighted by atomic mass is 16.1. The predicted octanol–water partition coefficient (Wildman–Crippen LogP) is 2.63. The van der Waals surface area contributed by atoms with E-state index in [-0.39, 0.29) is 11.8 Å². The first-order valence-corrected chi connectivity index (χ1v) is 7.32. The van der Waals surface area contributed by atoms with Gasteiger partial charge in [0.05, 0.1) is 17.1 Å². The zero-order valence-corrected chi connectivity index (χ0v) is 12.3. The molecule has 4 heteroatoms. The lowest BCUT2D eigenvalue weighted by atomic mass is 10.0. The maximum atomic E-state index is 12.4. The summed E-state index contributed by atoms with van der Waals surface area (Å²) >= 11 is 0. The molecule has 4 nitrogen and oxygen atoms in total. The van der Waals surface area contributed by atoms with Crippen LogP contribution in [0.2, 0.25) is 0 Å². The van der Waals surface area contributed by atoms with Crippen LogP contribution in [0.5, 0.6) is 0 Å². The molecule has 1 saturated heterocycles. The molecule has 3 rings (SSSR count). The molecule has 2 aromatic rings. The lowest BCUT2D eigenvalue weighted by molar-refractivity contribution is 0.0952. The van der Waals surface area contributed by atoms with Gasteiger partial charge in [-0.3, -0.25) is 4.79 Å². The van der Waals surface area contributed by atoms with Gasteiger partial charge in [-0.25, -0.2) is 4.98 Å². The van der Waals surface area contributed by atoms with E-state index < -0.39 is 0 Å². The van der Waals surface area contributed by atoms with E-state index in [1.165, 1.54) is 0 Å². The first-order valence-electron chi connectivity index (χ1n) is 7.32. The third-order valence-corrected chi connectivity index (χ3v) is 4.09. The second kappa shape index (κ2) is 5.02. The van der Waals surface area contributed by atoms with E-state index in [9.17, 15) is 4.79 Å². The van der Waals surface area contributed by atoms with Gasteiger partial charge < -0.3 is 9.88 Å². The number of aryl methyl sites for hydroxylation is 1. The van der Waals surface area contributed by atoms with E-state index in [4.69, 9.17) is 0 Å². The Balaban J connectivity index is 2.00. The molecule has 0 bridgehead atoms. The van der Waals surface area contributed by atoms with Crippen molar-refractivity contribution in [3.05, 3.63) is 29.6 Å². The Kier molecular flexibility index (Phi) is 3.34. The van der Waals surface area contributed by atoms with Crippen molar-refractivity contribution in [2.24, 2.45) is 7.05 Å². The van der Waals surface area contributed by atoms with Crippen LogP contribution >= 0.6 is 0 Å². The Bertz CT molecular complexity index is 651. The van der Waals surface area contributed by atoms with E-state index in [0.717, 1.165) is 41.8 Å². The Morgan fingerprint density at radius 1 is 1.45 bits per heavy atom. The third kappa shape index (κ3) is 2.14. The molecule has 0 aliphatic carbocycles. The molecule has 20 heavy (non-hydrogen) atoms. The highest BCUT2D eigenvalue weighted by Crippen LogP contribution is 2.22. The fraction of sp³-hybridized carbons (Fsp3) is 0.500. The van der Waals surface area contributed by atoms with E-state index >= 15 is 0 Å². The van der Waals surface area contributed by atoms with Crippen molar-refractivity contribution in [3.8, 4) is 0 Å². The van der Waals surface area contributed by atoms with Gasteiger partial charge >= 0.3 is 0 Å². The summed E-state index contributed by atoms with van der Waals surface area (Å²) in [4.78, 5) is 17.1. The van der Waals surface area contributed by atoms with Crippen LogP contribution in [0.3, 0.4) is 0 Å². The average molecular weight is 271 g/mol. The SMILES string of the molecule is CC(C)c1nc2cc(C(=O)C3CCCN3)ccc2n1C. The highest BCUT2D eigenvalue weighted by Gasteiger charge is 2.23. The molecule has 1 aromatic carbocycles. The number of Topliss-reactive ketones (excluding diaryl/α,β-unsaturated/α-hetero) is 1. The fourth-order valence-electron chi connectivity index (χ4n) is 3.00. The molecule has 0 amide bonds. The number of nitrogens with zero attached hydrogens (tertiary/aromatic N) is 2. The second-order valence-electron chi connectivity index (χ2n) is 5.90. The van der Waals surface area contributed by atoms with Crippen molar-refractivity contribution in [3.63, 3.8) is 0 Å². The van der Waals surface area contributed by atoms with Crippen LogP contribution in [0.15, 0.2) is 18.2 Å². The summed E-state index contributed by atoms with van der Waals surface area (Å²) in [6, 6.07) is 5.86. The van der Waals surface area contributed by atoms with Gasteiger partial charge in [-0.1, -0.05) is 13.8 Å². The predicted molar refractivity (Wildman–Crippen MR) is 80.2 cm³/mol. The number of fused-ring (bicyclic) bond motifs is 1. The van der Waals surface area contributed by atoms with Crippen molar-refractivity contribution in [2.45, 2.75) is 38.6 Å². The zero-order valence-electron chi connectivity index (χ0n) is 12.3. The summed E-state index contributed by atoms with van der Waals surface area (Å²) in [5.74, 6) is 1.63. The number of carbonyl (C=O) groups excluding carboxylic acids is 1. The largest absolute Gasteiger partial charge is 0.331 e. The molecule has 1 aliphatic heterocycles. The molecule has 0 radical (unpaired) electrons. The molecule has 1 N–H and O–H groups in total. The Morgan fingerprint density at radius 3 is 2.90 bits per heavy atom. The van der Waals surface area contributed by atoms with Crippen LogP contribution in [0.1, 0.15) is 48.8 Å². The first-order chi connectivity index (χ1) is 9.58. The van der Waals surface area contributed by atoms with Crippen LogP contribution in [0.4, 0.5) is 0 Å². The highest BCUT2D eigenvalue weighted by molar-refractivity contribution is 6.02. The van der Waals surface area contributed by atoms with Crippen LogP contribution in [0, 0.1) is 0 Å². The van der Waals surface area contributed by atoms with Gasteiger partial charge in [-0.2, -0.15) is 0 Å². The molecule has 0 spiro atoms. The summed E-state index contributed by atoms with van der Waals surface area (Å²) in [5, 5.41) is 3.26. The monoisotopic (exact) mass is 271 g/mol. The van der Waals surface area contributed by atoms with Crippen LogP contribution < -0.4 is 5.32 Å². The number of imidazole rings is 1. The summed E-state index contributed by atoms with van der Waals surface area (Å²) in [6.45, 7) is 5.21. The minimum absolute atomic E-state index is 0.0132. The number of benzene rings is 1. The number of rotatable bonds is 3. The van der Waals surface area contributed by atoms with Crippen LogP contribution in [-0.4, -0.2) is 27.9 Å². The average Bonchev–Trinajstić information content (AvgIpc) is 3.06. The van der Waals surface area contributed by atoms with Gasteiger partial charge in [0.2, 0.25) is 0 Å². The van der Waals surface area contributed by atoms with Gasteiger partial charge in [0.15, 0.2) is 5.78 Å². The minimum atomic E-state index is -0.0132. The molecule has 106 valence electrons.